The van der Waals surface area contributed by atoms with E-state index in [1.807, 2.05) is 17.9 Å². The van der Waals surface area contributed by atoms with Crippen molar-refractivity contribution in [3.8, 4) is 0 Å². The molecule has 1 saturated heterocycles. The molecular formula is C17H27N3O2. The molecule has 122 valence electrons. The van der Waals surface area contributed by atoms with Crippen molar-refractivity contribution >= 4 is 5.91 Å². The zero-order valence-electron chi connectivity index (χ0n) is 13.6. The first kappa shape index (κ1) is 15.5. The SMILES string of the molecule is Cc1cc(CN2CCN(C(=O)CCC3CCCC3)CC2)on1. The van der Waals surface area contributed by atoms with Crippen LogP contribution in [0.15, 0.2) is 10.6 Å². The lowest BCUT2D eigenvalue weighted by atomic mass is 10.0. The van der Waals surface area contributed by atoms with Gasteiger partial charge in [-0.3, -0.25) is 9.69 Å². The Labute approximate surface area is 132 Å². The molecule has 1 aromatic heterocycles. The molecule has 1 aliphatic heterocycles. The summed E-state index contributed by atoms with van der Waals surface area (Å²) in [6.45, 7) is 6.27. The summed E-state index contributed by atoms with van der Waals surface area (Å²) in [5.74, 6) is 2.07. The fourth-order valence-corrected chi connectivity index (χ4v) is 3.65. The average molecular weight is 305 g/mol. The highest BCUT2D eigenvalue weighted by Gasteiger charge is 2.23. The van der Waals surface area contributed by atoms with Crippen LogP contribution in [0, 0.1) is 12.8 Å². The van der Waals surface area contributed by atoms with Crippen LogP contribution in [0.3, 0.4) is 0 Å². The smallest absolute Gasteiger partial charge is 0.222 e. The maximum atomic E-state index is 12.3. The number of hydrogen-bond acceptors (Lipinski definition) is 4. The van der Waals surface area contributed by atoms with Gasteiger partial charge in [-0.05, 0) is 19.3 Å². The minimum atomic E-state index is 0.349. The fraction of sp³-hybridized carbons (Fsp3) is 0.765. The highest BCUT2D eigenvalue weighted by atomic mass is 16.5. The average Bonchev–Trinajstić information content (AvgIpc) is 3.17. The van der Waals surface area contributed by atoms with Crippen molar-refractivity contribution < 1.29 is 9.32 Å². The molecule has 1 amide bonds. The molecule has 2 fully saturated rings. The number of aryl methyl sites for hydroxylation is 1. The summed E-state index contributed by atoms with van der Waals surface area (Å²) in [5.41, 5.74) is 0.927. The molecule has 1 aliphatic carbocycles. The molecule has 1 saturated carbocycles. The van der Waals surface area contributed by atoms with Gasteiger partial charge in [0.2, 0.25) is 5.91 Å². The lowest BCUT2D eigenvalue weighted by molar-refractivity contribution is -0.133. The van der Waals surface area contributed by atoms with Crippen LogP contribution in [0.25, 0.3) is 0 Å². The molecule has 0 unspecified atom stereocenters. The number of piperazine rings is 1. The predicted molar refractivity (Wildman–Crippen MR) is 84.3 cm³/mol. The molecule has 0 radical (unpaired) electrons. The Hall–Kier alpha value is -1.36. The van der Waals surface area contributed by atoms with Crippen LogP contribution in [0.5, 0.6) is 0 Å². The summed E-state index contributed by atoms with van der Waals surface area (Å²) < 4.78 is 5.26. The van der Waals surface area contributed by atoms with Gasteiger partial charge in [0.05, 0.1) is 12.2 Å². The monoisotopic (exact) mass is 305 g/mol. The zero-order chi connectivity index (χ0) is 15.4. The Bertz CT molecular complexity index is 486. The minimum absolute atomic E-state index is 0.349. The van der Waals surface area contributed by atoms with Gasteiger partial charge >= 0.3 is 0 Å². The highest BCUT2D eigenvalue weighted by molar-refractivity contribution is 5.76. The fourth-order valence-electron chi connectivity index (χ4n) is 3.65. The normalized spacial score (nSPS) is 20.7. The van der Waals surface area contributed by atoms with Crippen molar-refractivity contribution in [2.24, 2.45) is 5.92 Å². The molecule has 5 heteroatoms. The van der Waals surface area contributed by atoms with Gasteiger partial charge in [-0.15, -0.1) is 0 Å². The Morgan fingerprint density at radius 3 is 2.64 bits per heavy atom. The van der Waals surface area contributed by atoms with Gasteiger partial charge in [0, 0.05) is 38.7 Å². The Morgan fingerprint density at radius 2 is 2.00 bits per heavy atom. The van der Waals surface area contributed by atoms with E-state index in [9.17, 15) is 4.79 Å². The van der Waals surface area contributed by atoms with Crippen molar-refractivity contribution in [1.82, 2.24) is 15.0 Å². The molecular weight excluding hydrogens is 278 g/mol. The number of carbonyl (C=O) groups is 1. The van der Waals surface area contributed by atoms with Crippen LogP contribution in [-0.2, 0) is 11.3 Å². The van der Waals surface area contributed by atoms with Crippen molar-refractivity contribution in [2.75, 3.05) is 26.2 Å². The summed E-state index contributed by atoms with van der Waals surface area (Å²) >= 11 is 0. The molecule has 5 nitrogen and oxygen atoms in total. The van der Waals surface area contributed by atoms with Gasteiger partial charge in [-0.2, -0.15) is 0 Å². The molecule has 2 heterocycles. The number of rotatable bonds is 5. The highest BCUT2D eigenvalue weighted by Crippen LogP contribution is 2.28. The van der Waals surface area contributed by atoms with E-state index in [2.05, 4.69) is 10.1 Å². The lowest BCUT2D eigenvalue weighted by Crippen LogP contribution is -2.48. The molecule has 0 spiro atoms. The second-order valence-electron chi connectivity index (χ2n) is 6.78. The van der Waals surface area contributed by atoms with E-state index in [4.69, 9.17) is 4.52 Å². The van der Waals surface area contributed by atoms with E-state index in [0.29, 0.717) is 5.91 Å². The van der Waals surface area contributed by atoms with Crippen LogP contribution >= 0.6 is 0 Å². The van der Waals surface area contributed by atoms with Crippen molar-refractivity contribution in [1.29, 1.82) is 0 Å². The second kappa shape index (κ2) is 7.27. The third-order valence-electron chi connectivity index (χ3n) is 5.02. The molecule has 0 N–H and O–H groups in total. The first-order valence-electron chi connectivity index (χ1n) is 8.63. The molecule has 0 aromatic carbocycles. The Morgan fingerprint density at radius 1 is 1.27 bits per heavy atom. The largest absolute Gasteiger partial charge is 0.360 e. The number of nitrogens with zero attached hydrogens (tertiary/aromatic N) is 3. The quantitative estimate of drug-likeness (QED) is 0.839. The van der Waals surface area contributed by atoms with Gasteiger partial charge in [0.15, 0.2) is 5.76 Å². The van der Waals surface area contributed by atoms with Gasteiger partial charge < -0.3 is 9.42 Å². The molecule has 22 heavy (non-hydrogen) atoms. The third-order valence-corrected chi connectivity index (χ3v) is 5.02. The maximum absolute atomic E-state index is 12.3. The summed E-state index contributed by atoms with van der Waals surface area (Å²) in [6.07, 6.45) is 7.22. The molecule has 0 atom stereocenters. The van der Waals surface area contributed by atoms with Crippen LogP contribution in [0.2, 0.25) is 0 Å². The maximum Gasteiger partial charge on any atom is 0.222 e. The van der Waals surface area contributed by atoms with Crippen molar-refractivity contribution in [2.45, 2.75) is 52.0 Å². The Kier molecular flexibility index (Phi) is 5.13. The van der Waals surface area contributed by atoms with E-state index < -0.39 is 0 Å². The minimum Gasteiger partial charge on any atom is -0.360 e. The third kappa shape index (κ3) is 4.09. The predicted octanol–water partition coefficient (Wildman–Crippen LogP) is 2.60. The van der Waals surface area contributed by atoms with Gasteiger partial charge in [0.25, 0.3) is 0 Å². The van der Waals surface area contributed by atoms with Crippen molar-refractivity contribution in [3.05, 3.63) is 17.5 Å². The molecule has 3 rings (SSSR count). The van der Waals surface area contributed by atoms with Gasteiger partial charge in [-0.25, -0.2) is 0 Å². The topological polar surface area (TPSA) is 49.6 Å². The van der Waals surface area contributed by atoms with Crippen molar-refractivity contribution in [3.63, 3.8) is 0 Å². The van der Waals surface area contributed by atoms with Crippen LogP contribution < -0.4 is 0 Å². The van der Waals surface area contributed by atoms with Gasteiger partial charge in [-0.1, -0.05) is 30.8 Å². The van der Waals surface area contributed by atoms with E-state index in [1.165, 1.54) is 25.7 Å². The number of aromatic nitrogens is 1. The Balaban J connectivity index is 1.38. The summed E-state index contributed by atoms with van der Waals surface area (Å²) in [4.78, 5) is 16.7. The van der Waals surface area contributed by atoms with Crippen LogP contribution in [-0.4, -0.2) is 47.0 Å². The van der Waals surface area contributed by atoms with Crippen LogP contribution in [0.1, 0.15) is 50.0 Å². The molecule has 1 aromatic rings. The van der Waals surface area contributed by atoms with E-state index in [-0.39, 0.29) is 0 Å². The summed E-state index contributed by atoms with van der Waals surface area (Å²) in [5, 5.41) is 3.92. The zero-order valence-corrected chi connectivity index (χ0v) is 13.6. The second-order valence-corrected chi connectivity index (χ2v) is 6.78. The number of amides is 1. The summed E-state index contributed by atoms with van der Waals surface area (Å²) in [6, 6.07) is 1.99. The number of carbonyl (C=O) groups excluding carboxylic acids is 1. The first-order chi connectivity index (χ1) is 10.7. The van der Waals surface area contributed by atoms with Gasteiger partial charge in [0.1, 0.15) is 0 Å². The first-order valence-corrected chi connectivity index (χ1v) is 8.63. The summed E-state index contributed by atoms with van der Waals surface area (Å²) in [7, 11) is 0. The lowest BCUT2D eigenvalue weighted by Gasteiger charge is -2.34. The molecule has 2 aliphatic rings. The van der Waals surface area contributed by atoms with E-state index >= 15 is 0 Å². The molecule has 0 bridgehead atoms. The van der Waals surface area contributed by atoms with Crippen LogP contribution in [0.4, 0.5) is 0 Å². The standard InChI is InChI=1S/C17H27N3O2/c1-14-12-16(22-18-14)13-19-8-10-20(11-9-19)17(21)7-6-15-4-2-3-5-15/h12,15H,2-11,13H2,1H3. The number of hydrogen-bond donors (Lipinski definition) is 0. The van der Waals surface area contributed by atoms with E-state index in [0.717, 1.165) is 62.9 Å². The van der Waals surface area contributed by atoms with E-state index in [1.54, 1.807) is 0 Å².